The molecule has 0 aliphatic rings. The van der Waals surface area contributed by atoms with Crippen molar-refractivity contribution in [2.24, 2.45) is 0 Å². The Morgan fingerprint density at radius 1 is 1.23 bits per heavy atom. The number of nitrogens with one attached hydrogen (secondary N) is 1. The molecule has 8 heteroatoms. The summed E-state index contributed by atoms with van der Waals surface area (Å²) in [4.78, 5) is 24.0. The summed E-state index contributed by atoms with van der Waals surface area (Å²) in [6.07, 6.45) is 10.1. The number of hydrogen-bond acceptors (Lipinski definition) is 6. The lowest BCUT2D eigenvalue weighted by molar-refractivity contribution is -0.117. The Balaban J connectivity index is 1.66. The maximum atomic E-state index is 12.3. The number of aromatic nitrogens is 5. The number of amides is 1. The Morgan fingerprint density at radius 3 is 2.69 bits per heavy atom. The first-order valence-corrected chi connectivity index (χ1v) is 8.14. The van der Waals surface area contributed by atoms with Crippen LogP contribution >= 0.6 is 0 Å². The fourth-order valence-electron chi connectivity index (χ4n) is 2.44. The predicted octanol–water partition coefficient (Wildman–Crippen LogP) is 1.61. The van der Waals surface area contributed by atoms with Gasteiger partial charge in [-0.3, -0.25) is 9.48 Å². The summed E-state index contributed by atoms with van der Waals surface area (Å²) >= 11 is 0. The molecule has 0 fully saturated rings. The van der Waals surface area contributed by atoms with Gasteiger partial charge in [-0.1, -0.05) is 30.3 Å². The lowest BCUT2D eigenvalue weighted by Crippen LogP contribution is -2.28. The molecule has 3 N–H and O–H groups in total. The van der Waals surface area contributed by atoms with Crippen molar-refractivity contribution in [3.05, 3.63) is 72.6 Å². The van der Waals surface area contributed by atoms with Gasteiger partial charge in [0.05, 0.1) is 6.04 Å². The van der Waals surface area contributed by atoms with E-state index in [1.54, 1.807) is 29.5 Å². The normalized spacial score (nSPS) is 12.2. The summed E-state index contributed by atoms with van der Waals surface area (Å²) in [5, 5.41) is 7.12. The first-order valence-electron chi connectivity index (χ1n) is 8.14. The highest BCUT2D eigenvalue weighted by atomic mass is 16.1. The van der Waals surface area contributed by atoms with Gasteiger partial charge in [0, 0.05) is 30.6 Å². The Morgan fingerprint density at radius 2 is 2.00 bits per heavy atom. The van der Waals surface area contributed by atoms with Crippen LogP contribution in [0.3, 0.4) is 0 Å². The lowest BCUT2D eigenvalue weighted by Gasteiger charge is -2.18. The van der Waals surface area contributed by atoms with Gasteiger partial charge in [-0.2, -0.15) is 5.10 Å². The summed E-state index contributed by atoms with van der Waals surface area (Å²) < 4.78 is 1.74. The van der Waals surface area contributed by atoms with Crippen LogP contribution in [0.1, 0.15) is 23.6 Å². The number of hydrogen-bond donors (Lipinski definition) is 2. The molecule has 2 heterocycles. The number of carbonyl (C=O) groups excluding carboxylic acids is 1. The molecule has 2 aromatic heterocycles. The molecule has 3 aromatic rings. The van der Waals surface area contributed by atoms with Crippen LogP contribution in [0.4, 0.5) is 5.95 Å². The van der Waals surface area contributed by atoms with Crippen LogP contribution in [0.25, 0.3) is 6.08 Å². The number of carbonyl (C=O) groups is 1. The summed E-state index contributed by atoms with van der Waals surface area (Å²) in [5.74, 6) is -0.00174. The standard InChI is InChI=1S/C18H19N7O/c19-18-21-10-14(11-22-18)6-7-17(26)24-16(15-4-2-1-3-5-15)8-9-25-13-20-12-23-25/h1-7,10-13,16H,8-9H2,(H,24,26)(H2,19,21,22)/b7-6+. The number of benzene rings is 1. The van der Waals surface area contributed by atoms with Crippen LogP contribution in [0.2, 0.25) is 0 Å². The van der Waals surface area contributed by atoms with E-state index in [1.165, 1.54) is 12.4 Å². The minimum atomic E-state index is -0.200. The van der Waals surface area contributed by atoms with Gasteiger partial charge in [0.2, 0.25) is 11.9 Å². The Bertz CT molecular complexity index is 845. The molecule has 1 atom stereocenters. The van der Waals surface area contributed by atoms with Crippen LogP contribution in [0.5, 0.6) is 0 Å². The zero-order chi connectivity index (χ0) is 18.2. The summed E-state index contributed by atoms with van der Waals surface area (Å²) in [6.45, 7) is 0.648. The number of nitrogens with zero attached hydrogens (tertiary/aromatic N) is 5. The van der Waals surface area contributed by atoms with E-state index in [9.17, 15) is 4.79 Å². The van der Waals surface area contributed by atoms with Crippen LogP contribution in [0.15, 0.2) is 61.5 Å². The van der Waals surface area contributed by atoms with E-state index >= 15 is 0 Å². The quantitative estimate of drug-likeness (QED) is 0.627. The molecule has 1 unspecified atom stereocenters. The average molecular weight is 349 g/mol. The molecule has 0 aliphatic heterocycles. The number of nitrogens with two attached hydrogens (primary N) is 1. The zero-order valence-corrected chi connectivity index (χ0v) is 14.1. The number of anilines is 1. The highest BCUT2D eigenvalue weighted by Crippen LogP contribution is 2.17. The largest absolute Gasteiger partial charge is 0.368 e. The summed E-state index contributed by atoms with van der Waals surface area (Å²) in [7, 11) is 0. The van der Waals surface area contributed by atoms with E-state index in [-0.39, 0.29) is 17.9 Å². The first-order chi connectivity index (χ1) is 12.7. The summed E-state index contributed by atoms with van der Waals surface area (Å²) in [6, 6.07) is 9.69. The summed E-state index contributed by atoms with van der Waals surface area (Å²) in [5.41, 5.74) is 7.18. The fourth-order valence-corrected chi connectivity index (χ4v) is 2.44. The molecule has 0 radical (unpaired) electrons. The van der Waals surface area contributed by atoms with Crippen molar-refractivity contribution in [2.45, 2.75) is 19.0 Å². The molecule has 0 saturated heterocycles. The van der Waals surface area contributed by atoms with Gasteiger partial charge in [-0.05, 0) is 18.1 Å². The van der Waals surface area contributed by atoms with E-state index < -0.39 is 0 Å². The third-order valence-corrected chi connectivity index (χ3v) is 3.75. The van der Waals surface area contributed by atoms with Crippen LogP contribution in [-0.4, -0.2) is 30.6 Å². The van der Waals surface area contributed by atoms with Crippen molar-refractivity contribution >= 4 is 17.9 Å². The number of nitrogen functional groups attached to an aromatic ring is 1. The van der Waals surface area contributed by atoms with Gasteiger partial charge < -0.3 is 11.1 Å². The molecule has 0 bridgehead atoms. The zero-order valence-electron chi connectivity index (χ0n) is 14.1. The predicted molar refractivity (Wildman–Crippen MR) is 97.4 cm³/mol. The monoisotopic (exact) mass is 349 g/mol. The van der Waals surface area contributed by atoms with Crippen LogP contribution in [0, 0.1) is 0 Å². The smallest absolute Gasteiger partial charge is 0.244 e. The minimum absolute atomic E-state index is 0.139. The maximum absolute atomic E-state index is 12.3. The van der Waals surface area contributed by atoms with Gasteiger partial charge >= 0.3 is 0 Å². The molecule has 8 nitrogen and oxygen atoms in total. The van der Waals surface area contributed by atoms with Crippen molar-refractivity contribution in [3.63, 3.8) is 0 Å². The van der Waals surface area contributed by atoms with Crippen LogP contribution in [-0.2, 0) is 11.3 Å². The van der Waals surface area contributed by atoms with Gasteiger partial charge in [-0.25, -0.2) is 15.0 Å². The van der Waals surface area contributed by atoms with Gasteiger partial charge in [0.1, 0.15) is 12.7 Å². The average Bonchev–Trinajstić information content (AvgIpc) is 3.19. The number of rotatable bonds is 7. The van der Waals surface area contributed by atoms with Crippen molar-refractivity contribution in [3.8, 4) is 0 Å². The second-order valence-electron chi connectivity index (χ2n) is 5.63. The van der Waals surface area contributed by atoms with Crippen molar-refractivity contribution < 1.29 is 4.79 Å². The number of aryl methyl sites for hydroxylation is 1. The van der Waals surface area contributed by atoms with E-state index in [0.717, 1.165) is 5.56 Å². The molecule has 26 heavy (non-hydrogen) atoms. The van der Waals surface area contributed by atoms with Crippen LogP contribution < -0.4 is 11.1 Å². The fraction of sp³-hybridized carbons (Fsp3) is 0.167. The highest BCUT2D eigenvalue weighted by molar-refractivity contribution is 5.91. The second-order valence-corrected chi connectivity index (χ2v) is 5.63. The molecule has 3 rings (SSSR count). The van der Waals surface area contributed by atoms with E-state index in [0.29, 0.717) is 18.5 Å². The Kier molecular flexibility index (Phi) is 5.66. The maximum Gasteiger partial charge on any atom is 0.244 e. The van der Waals surface area contributed by atoms with Crippen molar-refractivity contribution in [1.82, 2.24) is 30.0 Å². The van der Waals surface area contributed by atoms with E-state index in [4.69, 9.17) is 5.73 Å². The van der Waals surface area contributed by atoms with Gasteiger partial charge in [0.25, 0.3) is 0 Å². The first kappa shape index (κ1) is 17.3. The molecular formula is C18H19N7O. The topological polar surface area (TPSA) is 112 Å². The second kappa shape index (κ2) is 8.52. The van der Waals surface area contributed by atoms with Gasteiger partial charge in [-0.15, -0.1) is 0 Å². The molecule has 0 aliphatic carbocycles. The Hall–Kier alpha value is -3.55. The third kappa shape index (κ3) is 4.97. The molecular weight excluding hydrogens is 330 g/mol. The molecule has 132 valence electrons. The molecule has 0 spiro atoms. The van der Waals surface area contributed by atoms with E-state index in [1.807, 2.05) is 30.3 Å². The van der Waals surface area contributed by atoms with E-state index in [2.05, 4.69) is 25.4 Å². The Labute approximate surface area is 150 Å². The third-order valence-electron chi connectivity index (χ3n) is 3.75. The van der Waals surface area contributed by atoms with Gasteiger partial charge in [0.15, 0.2) is 0 Å². The minimum Gasteiger partial charge on any atom is -0.368 e. The molecule has 0 saturated carbocycles. The lowest BCUT2D eigenvalue weighted by atomic mass is 10.0. The van der Waals surface area contributed by atoms with Crippen molar-refractivity contribution in [1.29, 1.82) is 0 Å². The SMILES string of the molecule is Nc1ncc(/C=C/C(=O)NC(CCn2cncn2)c2ccccc2)cn1. The molecule has 1 amide bonds. The molecule has 1 aromatic carbocycles. The highest BCUT2D eigenvalue weighted by Gasteiger charge is 2.13. The van der Waals surface area contributed by atoms with Crippen molar-refractivity contribution in [2.75, 3.05) is 5.73 Å².